The molecule has 4 heteroatoms. The highest BCUT2D eigenvalue weighted by Crippen LogP contribution is 2.26. The Morgan fingerprint density at radius 3 is 2.70 bits per heavy atom. The van der Waals surface area contributed by atoms with E-state index in [2.05, 4.69) is 5.32 Å². The number of fused-ring (bicyclic) bond motifs is 1. The van der Waals surface area contributed by atoms with Gasteiger partial charge in [-0.15, -0.1) is 0 Å². The average Bonchev–Trinajstić information content (AvgIpc) is 2.87. The standard InChI is InChI=1S/C16H13F2NO/c17-12-6-5-10(7-13(12)18)8-16(20)15-9-11-3-1-2-4-14(11)19-15/h1-7,15,19H,8-9H2. The molecule has 2 aromatic rings. The SMILES string of the molecule is O=C(Cc1ccc(F)c(F)c1)C1Cc2ccccc2N1. The molecule has 3 rings (SSSR count). The lowest BCUT2D eigenvalue weighted by Crippen LogP contribution is -2.28. The number of hydrogen-bond acceptors (Lipinski definition) is 2. The number of ketones is 1. The van der Waals surface area contributed by atoms with Gasteiger partial charge >= 0.3 is 0 Å². The average molecular weight is 273 g/mol. The lowest BCUT2D eigenvalue weighted by atomic mass is 10.0. The van der Waals surface area contributed by atoms with Gasteiger partial charge in [-0.25, -0.2) is 8.78 Å². The van der Waals surface area contributed by atoms with Gasteiger partial charge < -0.3 is 5.32 Å². The second kappa shape index (κ2) is 5.04. The van der Waals surface area contributed by atoms with E-state index in [-0.39, 0.29) is 18.2 Å². The monoisotopic (exact) mass is 273 g/mol. The fraction of sp³-hybridized carbons (Fsp3) is 0.188. The first-order valence-electron chi connectivity index (χ1n) is 6.44. The summed E-state index contributed by atoms with van der Waals surface area (Å²) in [6.45, 7) is 0. The van der Waals surface area contributed by atoms with E-state index >= 15 is 0 Å². The third-order valence-electron chi connectivity index (χ3n) is 3.52. The van der Waals surface area contributed by atoms with E-state index in [9.17, 15) is 13.6 Å². The molecule has 0 saturated carbocycles. The molecule has 1 aliphatic heterocycles. The van der Waals surface area contributed by atoms with Crippen LogP contribution >= 0.6 is 0 Å². The molecule has 1 N–H and O–H groups in total. The van der Waals surface area contributed by atoms with Crippen molar-refractivity contribution < 1.29 is 13.6 Å². The summed E-state index contributed by atoms with van der Waals surface area (Å²) in [7, 11) is 0. The van der Waals surface area contributed by atoms with E-state index in [0.717, 1.165) is 23.4 Å². The van der Waals surface area contributed by atoms with Crippen molar-refractivity contribution in [3.63, 3.8) is 0 Å². The highest BCUT2D eigenvalue weighted by molar-refractivity contribution is 5.90. The Morgan fingerprint density at radius 1 is 1.15 bits per heavy atom. The van der Waals surface area contributed by atoms with E-state index < -0.39 is 11.6 Å². The van der Waals surface area contributed by atoms with E-state index in [0.29, 0.717) is 12.0 Å². The Hall–Kier alpha value is -2.23. The third kappa shape index (κ3) is 2.41. The van der Waals surface area contributed by atoms with Gasteiger partial charge in [-0.2, -0.15) is 0 Å². The van der Waals surface area contributed by atoms with Crippen molar-refractivity contribution in [3.8, 4) is 0 Å². The molecule has 1 aliphatic rings. The molecular formula is C16H13F2NO. The van der Waals surface area contributed by atoms with Crippen LogP contribution in [0.4, 0.5) is 14.5 Å². The Morgan fingerprint density at radius 2 is 1.95 bits per heavy atom. The van der Waals surface area contributed by atoms with Crippen LogP contribution in [-0.4, -0.2) is 11.8 Å². The zero-order chi connectivity index (χ0) is 14.1. The zero-order valence-electron chi connectivity index (χ0n) is 10.7. The minimum Gasteiger partial charge on any atom is -0.375 e. The summed E-state index contributed by atoms with van der Waals surface area (Å²) in [5.74, 6) is -1.84. The van der Waals surface area contributed by atoms with Crippen LogP contribution < -0.4 is 5.32 Å². The van der Waals surface area contributed by atoms with Crippen LogP contribution in [0.1, 0.15) is 11.1 Å². The van der Waals surface area contributed by atoms with E-state index in [4.69, 9.17) is 0 Å². The van der Waals surface area contributed by atoms with Crippen molar-refractivity contribution in [2.75, 3.05) is 5.32 Å². The van der Waals surface area contributed by atoms with Gasteiger partial charge in [-0.05, 0) is 29.3 Å². The van der Waals surface area contributed by atoms with Gasteiger partial charge in [0.2, 0.25) is 0 Å². The van der Waals surface area contributed by atoms with Gasteiger partial charge in [0.05, 0.1) is 6.04 Å². The number of hydrogen-bond donors (Lipinski definition) is 1. The Balaban J connectivity index is 1.71. The van der Waals surface area contributed by atoms with Crippen LogP contribution in [-0.2, 0) is 17.6 Å². The van der Waals surface area contributed by atoms with Crippen molar-refractivity contribution in [3.05, 3.63) is 65.2 Å². The summed E-state index contributed by atoms with van der Waals surface area (Å²) in [5, 5.41) is 3.16. The number of halogens is 2. The van der Waals surface area contributed by atoms with Crippen molar-refractivity contribution in [1.82, 2.24) is 0 Å². The number of anilines is 1. The molecule has 1 heterocycles. The third-order valence-corrected chi connectivity index (χ3v) is 3.52. The van der Waals surface area contributed by atoms with Gasteiger partial charge in [-0.3, -0.25) is 4.79 Å². The molecule has 102 valence electrons. The number of Topliss-reactive ketones (excluding diaryl/α,β-unsaturated/α-hetero) is 1. The van der Waals surface area contributed by atoms with Crippen LogP contribution in [0.5, 0.6) is 0 Å². The highest BCUT2D eigenvalue weighted by atomic mass is 19.2. The van der Waals surface area contributed by atoms with Crippen molar-refractivity contribution in [2.45, 2.75) is 18.9 Å². The summed E-state index contributed by atoms with van der Waals surface area (Å²) in [5.41, 5.74) is 2.57. The van der Waals surface area contributed by atoms with Crippen LogP contribution in [0.3, 0.4) is 0 Å². The maximum atomic E-state index is 13.1. The summed E-state index contributed by atoms with van der Waals surface area (Å²) in [6.07, 6.45) is 0.738. The van der Waals surface area contributed by atoms with Crippen LogP contribution in [0.15, 0.2) is 42.5 Å². The van der Waals surface area contributed by atoms with Gasteiger partial charge in [0, 0.05) is 18.5 Å². The van der Waals surface area contributed by atoms with Gasteiger partial charge in [0.15, 0.2) is 17.4 Å². The first-order chi connectivity index (χ1) is 9.63. The van der Waals surface area contributed by atoms with Crippen molar-refractivity contribution >= 4 is 11.5 Å². The highest BCUT2D eigenvalue weighted by Gasteiger charge is 2.26. The molecule has 2 nitrogen and oxygen atoms in total. The lowest BCUT2D eigenvalue weighted by molar-refractivity contribution is -0.119. The smallest absolute Gasteiger partial charge is 0.159 e. The predicted molar refractivity (Wildman–Crippen MR) is 72.6 cm³/mol. The fourth-order valence-corrected chi connectivity index (χ4v) is 2.47. The van der Waals surface area contributed by atoms with Gasteiger partial charge in [0.1, 0.15) is 0 Å². The van der Waals surface area contributed by atoms with Crippen LogP contribution in [0, 0.1) is 11.6 Å². The van der Waals surface area contributed by atoms with E-state index in [1.54, 1.807) is 0 Å². The van der Waals surface area contributed by atoms with E-state index in [1.165, 1.54) is 6.07 Å². The maximum absolute atomic E-state index is 13.1. The summed E-state index contributed by atoms with van der Waals surface area (Å²) < 4.78 is 26.0. The normalized spacial score (nSPS) is 16.6. The van der Waals surface area contributed by atoms with Crippen molar-refractivity contribution in [1.29, 1.82) is 0 Å². The minimum absolute atomic E-state index is 0.0211. The first-order valence-corrected chi connectivity index (χ1v) is 6.44. The largest absolute Gasteiger partial charge is 0.375 e. The molecular weight excluding hydrogens is 260 g/mol. The maximum Gasteiger partial charge on any atom is 0.159 e. The lowest BCUT2D eigenvalue weighted by Gasteiger charge is -2.10. The Kier molecular flexibility index (Phi) is 3.22. The summed E-state index contributed by atoms with van der Waals surface area (Å²) in [6, 6.07) is 11.0. The molecule has 0 amide bonds. The minimum atomic E-state index is -0.919. The number of benzene rings is 2. The Bertz CT molecular complexity index is 644. The molecule has 0 aromatic heterocycles. The summed E-state index contributed by atoms with van der Waals surface area (Å²) >= 11 is 0. The molecule has 20 heavy (non-hydrogen) atoms. The molecule has 0 aliphatic carbocycles. The molecule has 0 saturated heterocycles. The molecule has 0 radical (unpaired) electrons. The number of carbonyl (C=O) groups is 1. The van der Waals surface area contributed by atoms with Gasteiger partial charge in [0.25, 0.3) is 0 Å². The molecule has 0 bridgehead atoms. The number of para-hydroxylation sites is 1. The quantitative estimate of drug-likeness (QED) is 0.931. The van der Waals surface area contributed by atoms with Gasteiger partial charge in [-0.1, -0.05) is 24.3 Å². The van der Waals surface area contributed by atoms with Crippen LogP contribution in [0.25, 0.3) is 0 Å². The van der Waals surface area contributed by atoms with E-state index in [1.807, 2.05) is 24.3 Å². The second-order valence-corrected chi connectivity index (χ2v) is 4.95. The number of rotatable bonds is 3. The molecule has 1 unspecified atom stereocenters. The molecule has 0 fully saturated rings. The van der Waals surface area contributed by atoms with Crippen LogP contribution in [0.2, 0.25) is 0 Å². The first kappa shape index (κ1) is 12.8. The number of nitrogens with one attached hydrogen (secondary N) is 1. The predicted octanol–water partition coefficient (Wildman–Crippen LogP) is 3.11. The molecule has 0 spiro atoms. The molecule has 2 aromatic carbocycles. The zero-order valence-corrected chi connectivity index (χ0v) is 10.7. The second-order valence-electron chi connectivity index (χ2n) is 4.95. The summed E-state index contributed by atoms with van der Waals surface area (Å²) in [4.78, 5) is 12.2. The van der Waals surface area contributed by atoms with Crippen molar-refractivity contribution in [2.24, 2.45) is 0 Å². The fourth-order valence-electron chi connectivity index (χ4n) is 2.47. The topological polar surface area (TPSA) is 29.1 Å². The number of carbonyl (C=O) groups excluding carboxylic acids is 1. The Labute approximate surface area is 115 Å². The molecule has 1 atom stereocenters.